The van der Waals surface area contributed by atoms with E-state index < -0.39 is 0 Å². The highest BCUT2D eigenvalue weighted by Gasteiger charge is 2.19. The van der Waals surface area contributed by atoms with Crippen molar-refractivity contribution in [3.8, 4) is 23.6 Å². The second-order valence-electron chi connectivity index (χ2n) is 5.18. The van der Waals surface area contributed by atoms with Gasteiger partial charge in [0, 0.05) is 0 Å². The van der Waals surface area contributed by atoms with Crippen molar-refractivity contribution in [2.45, 2.75) is 13.5 Å². The largest absolute Gasteiger partial charge is 0.493 e. The highest BCUT2D eigenvalue weighted by Crippen LogP contribution is 2.30. The number of nitrogens with two attached hydrogens (primary N) is 1. The van der Waals surface area contributed by atoms with Crippen molar-refractivity contribution in [1.29, 1.82) is 10.5 Å². The minimum atomic E-state index is -0.183. The molecule has 2 rings (SSSR count). The van der Waals surface area contributed by atoms with E-state index in [1.807, 2.05) is 19.1 Å². The Bertz CT molecular complexity index is 903. The van der Waals surface area contributed by atoms with Crippen molar-refractivity contribution in [2.24, 2.45) is 0 Å². The summed E-state index contributed by atoms with van der Waals surface area (Å²) in [6, 6.07) is 9.25. The molecule has 2 aromatic rings. The Labute approximate surface area is 151 Å². The molecule has 0 aliphatic heterocycles. The molecule has 8 nitrogen and oxygen atoms in total. The first-order valence-corrected chi connectivity index (χ1v) is 7.89. The summed E-state index contributed by atoms with van der Waals surface area (Å²) in [5.74, 6) is 1.24. The number of nitriles is 2. The number of benzene rings is 1. The van der Waals surface area contributed by atoms with Gasteiger partial charge >= 0.3 is 0 Å². The van der Waals surface area contributed by atoms with Gasteiger partial charge in [0.25, 0.3) is 0 Å². The molecule has 0 saturated carbocycles. The summed E-state index contributed by atoms with van der Waals surface area (Å²) in [7, 11) is 1.53. The second kappa shape index (κ2) is 8.56. The molecule has 0 saturated heterocycles. The normalized spacial score (nSPS) is 10.9. The summed E-state index contributed by atoms with van der Waals surface area (Å²) < 4.78 is 12.1. The van der Waals surface area contributed by atoms with Crippen LogP contribution in [0, 0.1) is 22.7 Å². The predicted octanol–water partition coefficient (Wildman–Crippen LogP) is 1.80. The number of ether oxygens (including phenoxy) is 2. The van der Waals surface area contributed by atoms with Crippen molar-refractivity contribution in [2.75, 3.05) is 26.1 Å². The van der Waals surface area contributed by atoms with Gasteiger partial charge in [0.2, 0.25) is 0 Å². The molecular weight excluding hydrogens is 334 g/mol. The monoisotopic (exact) mass is 353 g/mol. The van der Waals surface area contributed by atoms with Crippen molar-refractivity contribution in [3.63, 3.8) is 0 Å². The fourth-order valence-electron chi connectivity index (χ4n) is 2.41. The van der Waals surface area contributed by atoms with Gasteiger partial charge < -0.3 is 20.3 Å². The van der Waals surface area contributed by atoms with E-state index in [2.05, 4.69) is 5.10 Å². The summed E-state index contributed by atoms with van der Waals surface area (Å²) in [4.78, 5) is 0. The van der Waals surface area contributed by atoms with E-state index in [1.54, 1.807) is 24.3 Å². The molecule has 1 aromatic heterocycles. The summed E-state index contributed by atoms with van der Waals surface area (Å²) in [6.07, 6.45) is 1.59. The number of hydrogen-bond acceptors (Lipinski definition) is 7. The molecule has 8 heteroatoms. The van der Waals surface area contributed by atoms with Gasteiger partial charge in [0.05, 0.1) is 32.4 Å². The van der Waals surface area contributed by atoms with Crippen LogP contribution in [-0.4, -0.2) is 35.2 Å². The third kappa shape index (κ3) is 3.77. The third-order valence-corrected chi connectivity index (χ3v) is 3.59. The SMILES string of the molecule is CCOc1ccc(C=C(C#N)c2nn(CCO)c(N)c2C#N)cc1OC. The lowest BCUT2D eigenvalue weighted by atomic mass is 10.1. The maximum atomic E-state index is 9.53. The molecule has 0 bridgehead atoms. The van der Waals surface area contributed by atoms with Gasteiger partial charge in [-0.2, -0.15) is 15.6 Å². The van der Waals surface area contributed by atoms with E-state index in [0.717, 1.165) is 0 Å². The first-order chi connectivity index (χ1) is 12.6. The zero-order valence-corrected chi connectivity index (χ0v) is 14.6. The first-order valence-electron chi connectivity index (χ1n) is 7.89. The number of nitrogen functional groups attached to an aromatic ring is 1. The number of aliphatic hydroxyl groups excluding tert-OH is 1. The van der Waals surface area contributed by atoms with Crippen LogP contribution in [0.5, 0.6) is 11.5 Å². The Balaban J connectivity index is 2.51. The Morgan fingerprint density at radius 2 is 2.15 bits per heavy atom. The minimum absolute atomic E-state index is 0.101. The highest BCUT2D eigenvalue weighted by atomic mass is 16.5. The highest BCUT2D eigenvalue weighted by molar-refractivity contribution is 5.91. The van der Waals surface area contributed by atoms with E-state index in [4.69, 9.17) is 20.3 Å². The quantitative estimate of drug-likeness (QED) is 0.726. The number of allylic oxidation sites excluding steroid dienone is 1. The van der Waals surface area contributed by atoms with Crippen LogP contribution >= 0.6 is 0 Å². The van der Waals surface area contributed by atoms with E-state index >= 15 is 0 Å². The average molecular weight is 353 g/mol. The van der Waals surface area contributed by atoms with Gasteiger partial charge in [-0.05, 0) is 30.7 Å². The van der Waals surface area contributed by atoms with Crippen molar-refractivity contribution in [3.05, 3.63) is 35.0 Å². The summed E-state index contributed by atoms with van der Waals surface area (Å²) >= 11 is 0. The fraction of sp³-hybridized carbons (Fsp3) is 0.278. The lowest BCUT2D eigenvalue weighted by Crippen LogP contribution is -2.07. The van der Waals surface area contributed by atoms with Crippen LogP contribution in [0.2, 0.25) is 0 Å². The minimum Gasteiger partial charge on any atom is -0.493 e. The molecule has 0 amide bonds. The standard InChI is InChI=1S/C18H19N5O3/c1-3-26-15-5-4-12(9-16(15)25-2)8-13(10-19)17-14(11-20)18(21)23(22-17)6-7-24/h4-5,8-9,24H,3,6-7,21H2,1-2H3. The average Bonchev–Trinajstić information content (AvgIpc) is 2.96. The molecular formula is C18H19N5O3. The fourth-order valence-corrected chi connectivity index (χ4v) is 2.41. The zero-order valence-electron chi connectivity index (χ0n) is 14.6. The first kappa shape index (κ1) is 18.8. The molecule has 0 aliphatic rings. The molecule has 26 heavy (non-hydrogen) atoms. The number of nitrogens with zero attached hydrogens (tertiary/aromatic N) is 4. The number of anilines is 1. The van der Waals surface area contributed by atoms with E-state index in [1.165, 1.54) is 11.8 Å². The molecule has 0 atom stereocenters. The molecule has 0 fully saturated rings. The van der Waals surface area contributed by atoms with Crippen LogP contribution in [-0.2, 0) is 6.54 Å². The smallest absolute Gasteiger partial charge is 0.161 e. The van der Waals surface area contributed by atoms with E-state index in [0.29, 0.717) is 23.7 Å². The van der Waals surface area contributed by atoms with Crippen molar-refractivity contribution >= 4 is 17.5 Å². The van der Waals surface area contributed by atoms with Crippen LogP contribution in [0.15, 0.2) is 18.2 Å². The van der Waals surface area contributed by atoms with Crippen LogP contribution in [0.1, 0.15) is 23.7 Å². The Morgan fingerprint density at radius 1 is 1.38 bits per heavy atom. The number of aromatic nitrogens is 2. The molecule has 0 radical (unpaired) electrons. The molecule has 134 valence electrons. The molecule has 3 N–H and O–H groups in total. The Morgan fingerprint density at radius 3 is 2.73 bits per heavy atom. The summed E-state index contributed by atoms with van der Waals surface area (Å²) in [5.41, 5.74) is 7.01. The summed E-state index contributed by atoms with van der Waals surface area (Å²) in [6.45, 7) is 2.33. The molecule has 0 unspecified atom stereocenters. The predicted molar refractivity (Wildman–Crippen MR) is 96.1 cm³/mol. The third-order valence-electron chi connectivity index (χ3n) is 3.59. The van der Waals surface area contributed by atoms with Crippen LogP contribution in [0.4, 0.5) is 5.82 Å². The Hall–Kier alpha value is -3.49. The second-order valence-corrected chi connectivity index (χ2v) is 5.18. The van der Waals surface area contributed by atoms with E-state index in [9.17, 15) is 10.5 Å². The molecule has 0 spiro atoms. The molecule has 0 aliphatic carbocycles. The Kier molecular flexibility index (Phi) is 6.20. The number of methoxy groups -OCH3 is 1. The van der Waals surface area contributed by atoms with E-state index in [-0.39, 0.29) is 35.8 Å². The van der Waals surface area contributed by atoms with Gasteiger partial charge in [0.15, 0.2) is 11.5 Å². The maximum absolute atomic E-state index is 9.53. The topological polar surface area (TPSA) is 130 Å². The lowest BCUT2D eigenvalue weighted by Gasteiger charge is -2.09. The van der Waals surface area contributed by atoms with Crippen molar-refractivity contribution in [1.82, 2.24) is 9.78 Å². The van der Waals surface area contributed by atoms with Gasteiger partial charge in [-0.3, -0.25) is 0 Å². The number of rotatable bonds is 7. The number of hydrogen-bond donors (Lipinski definition) is 2. The van der Waals surface area contributed by atoms with Gasteiger partial charge in [0.1, 0.15) is 29.2 Å². The zero-order chi connectivity index (χ0) is 19.1. The van der Waals surface area contributed by atoms with Gasteiger partial charge in [-0.25, -0.2) is 4.68 Å². The maximum Gasteiger partial charge on any atom is 0.161 e. The van der Waals surface area contributed by atoms with Crippen LogP contribution in [0.3, 0.4) is 0 Å². The van der Waals surface area contributed by atoms with Crippen LogP contribution < -0.4 is 15.2 Å². The van der Waals surface area contributed by atoms with Gasteiger partial charge in [-0.1, -0.05) is 6.07 Å². The molecule has 1 heterocycles. The molecule has 1 aromatic carbocycles. The number of aliphatic hydroxyl groups is 1. The van der Waals surface area contributed by atoms with Crippen LogP contribution in [0.25, 0.3) is 11.6 Å². The van der Waals surface area contributed by atoms with Crippen molar-refractivity contribution < 1.29 is 14.6 Å². The van der Waals surface area contributed by atoms with Gasteiger partial charge in [-0.15, -0.1) is 0 Å². The summed E-state index contributed by atoms with van der Waals surface area (Å²) in [5, 5.41) is 32.1. The lowest BCUT2D eigenvalue weighted by molar-refractivity contribution is 0.270.